The van der Waals surface area contributed by atoms with Crippen LogP contribution in [-0.2, 0) is 4.79 Å². The summed E-state index contributed by atoms with van der Waals surface area (Å²) in [6, 6.07) is 0. The molecule has 0 bridgehead atoms. The largest absolute Gasteiger partial charge is 0.623 e. The molecular weight excluding hydrogens is 156 g/mol. The molecule has 0 heterocycles. The molecule has 3 nitrogen and oxygen atoms in total. The second-order valence-electron chi connectivity index (χ2n) is 1.19. The predicted octanol–water partition coefficient (Wildman–Crippen LogP) is 1.05. The fourth-order valence-electron chi connectivity index (χ4n) is 0.224. The van der Waals surface area contributed by atoms with Crippen LogP contribution in [0.15, 0.2) is 0 Å². The minimum Gasteiger partial charge on any atom is -0.623 e. The molecule has 0 unspecified atom stereocenters. The van der Waals surface area contributed by atoms with Crippen LogP contribution < -0.4 is 0 Å². The lowest BCUT2D eigenvalue weighted by Gasteiger charge is -1.93. The van der Waals surface area contributed by atoms with E-state index in [1.165, 1.54) is 0 Å². The maximum absolute atomic E-state index is 10.2. The van der Waals surface area contributed by atoms with Crippen molar-refractivity contribution < 1.29 is 4.79 Å². The van der Waals surface area contributed by atoms with Crippen LogP contribution in [0.4, 0.5) is 0 Å². The van der Waals surface area contributed by atoms with Crippen molar-refractivity contribution in [3.05, 3.63) is 11.7 Å². The van der Waals surface area contributed by atoms with Crippen LogP contribution in [0.2, 0.25) is 0 Å². The van der Waals surface area contributed by atoms with Gasteiger partial charge < -0.3 is 5.73 Å². The summed E-state index contributed by atoms with van der Waals surface area (Å²) in [5, 5.41) is 6.58. The van der Waals surface area contributed by atoms with Crippen molar-refractivity contribution in [2.75, 3.05) is 0 Å². The molecule has 0 aliphatic rings. The van der Waals surface area contributed by atoms with Gasteiger partial charge in [0.05, 0.1) is 0 Å². The van der Waals surface area contributed by atoms with Crippen molar-refractivity contribution in [2.45, 2.75) is 0 Å². The predicted molar refractivity (Wildman–Crippen MR) is 42.9 cm³/mol. The van der Waals surface area contributed by atoms with Crippen LogP contribution in [0.5, 0.6) is 0 Å². The first kappa shape index (κ1) is 8.45. The van der Waals surface area contributed by atoms with E-state index < -0.39 is 5.91 Å². The highest BCUT2D eigenvalue weighted by Crippen LogP contribution is 2.04. The molecule has 48 valence electrons. The lowest BCUT2D eigenvalue weighted by molar-refractivity contribution is -0.111. The Balaban J connectivity index is 4.16. The van der Waals surface area contributed by atoms with Crippen LogP contribution in [0.1, 0.15) is 0 Å². The molecule has 0 spiro atoms. The average Bonchev–Trinajstić information content (AvgIpc) is 1.64. The van der Waals surface area contributed by atoms with E-state index in [0.29, 0.717) is 0 Å². The van der Waals surface area contributed by atoms with Gasteiger partial charge >= 0.3 is 0 Å². The molecule has 5 heteroatoms. The van der Waals surface area contributed by atoms with Gasteiger partial charge in [0, 0.05) is 0 Å². The Morgan fingerprint density at radius 3 is 2.33 bits per heavy atom. The molecule has 0 fully saturated rings. The van der Waals surface area contributed by atoms with Crippen molar-refractivity contribution >= 4 is 41.2 Å². The van der Waals surface area contributed by atoms with Crippen LogP contribution >= 0.6 is 24.8 Å². The van der Waals surface area contributed by atoms with Crippen molar-refractivity contribution in [2.24, 2.45) is 0 Å². The second kappa shape index (κ2) is 3.47. The van der Waals surface area contributed by atoms with E-state index in [9.17, 15) is 4.79 Å². The first-order valence-corrected chi connectivity index (χ1v) is 2.81. The molecule has 0 radical (unpaired) electrons. The molecule has 0 aromatic carbocycles. The highest BCUT2D eigenvalue weighted by molar-refractivity contribution is 8.12. The van der Waals surface area contributed by atoms with Gasteiger partial charge in [0.15, 0.2) is 6.21 Å². The normalized spacial score (nSPS) is 8.11. The number of carbonyl (C=O) groups is 1. The minimum atomic E-state index is -0.968. The molecule has 0 rings (SSSR count). The average molecular weight is 160 g/mol. The SMILES string of the molecule is N=C[C+](C([NH-])=O)C(=S)S. The molecule has 0 aromatic heterocycles. The molecule has 0 saturated heterocycles. The number of nitrogens with one attached hydrogen (secondary N) is 2. The molecule has 9 heavy (non-hydrogen) atoms. The van der Waals surface area contributed by atoms with Gasteiger partial charge in [0.25, 0.3) is 5.91 Å². The Labute approximate surface area is 63.5 Å². The Hall–Kier alpha value is -0.550. The van der Waals surface area contributed by atoms with E-state index in [1.807, 2.05) is 0 Å². The van der Waals surface area contributed by atoms with Gasteiger partial charge in [0.2, 0.25) is 10.1 Å². The second-order valence-corrected chi connectivity index (χ2v) is 2.35. The molecule has 0 saturated carbocycles. The van der Waals surface area contributed by atoms with Crippen LogP contribution in [-0.4, -0.2) is 16.3 Å². The summed E-state index contributed by atoms with van der Waals surface area (Å²) in [7, 11) is 0. The summed E-state index contributed by atoms with van der Waals surface area (Å²) in [6.45, 7) is 0. The number of thiol groups is 1. The van der Waals surface area contributed by atoms with E-state index in [1.54, 1.807) is 0 Å². The van der Waals surface area contributed by atoms with Crippen molar-refractivity contribution in [1.29, 1.82) is 5.41 Å². The Morgan fingerprint density at radius 2 is 2.33 bits per heavy atom. The van der Waals surface area contributed by atoms with Crippen molar-refractivity contribution in [3.63, 3.8) is 0 Å². The molecular formula is C4H4N2OS2. The minimum absolute atomic E-state index is 0.00926. The summed E-state index contributed by atoms with van der Waals surface area (Å²) in [6.07, 6.45) is 0.727. The van der Waals surface area contributed by atoms with E-state index in [-0.39, 0.29) is 10.1 Å². The summed E-state index contributed by atoms with van der Waals surface area (Å²) in [5.74, 6) is -1.11. The molecule has 1 amide bonds. The smallest absolute Gasteiger partial charge is 0.253 e. The number of hydrogen-bond donors (Lipinski definition) is 2. The molecule has 0 aliphatic carbocycles. The maximum Gasteiger partial charge on any atom is 0.253 e. The van der Waals surface area contributed by atoms with Crippen LogP contribution in [0.25, 0.3) is 5.73 Å². The first-order chi connectivity index (χ1) is 4.09. The quantitative estimate of drug-likeness (QED) is 0.280. The maximum atomic E-state index is 10.2. The number of thiocarbonyl (C=S) groups is 1. The van der Waals surface area contributed by atoms with Crippen molar-refractivity contribution in [1.82, 2.24) is 0 Å². The molecule has 2 N–H and O–H groups in total. The third-order valence-corrected chi connectivity index (χ3v) is 1.08. The highest BCUT2D eigenvalue weighted by atomic mass is 32.1. The number of hydrogen-bond acceptors (Lipinski definition) is 3. The third kappa shape index (κ3) is 2.48. The van der Waals surface area contributed by atoms with E-state index >= 15 is 0 Å². The standard InChI is InChI=1S/C4H4N2OS2/c5-1-2(3(6)7)4(8)9/h1,5H,(H2-,6,7,8,9). The molecule has 0 atom stereocenters. The van der Waals surface area contributed by atoms with E-state index in [4.69, 9.17) is 11.1 Å². The van der Waals surface area contributed by atoms with Gasteiger partial charge in [-0.15, -0.1) is 0 Å². The van der Waals surface area contributed by atoms with Gasteiger partial charge in [-0.3, -0.25) is 10.2 Å². The summed E-state index contributed by atoms with van der Waals surface area (Å²) in [5.41, 5.74) is 6.50. The zero-order valence-electron chi connectivity index (χ0n) is 4.34. The fraction of sp³-hybridized carbons (Fsp3) is 0. The molecule has 0 aliphatic heterocycles. The Morgan fingerprint density at radius 1 is 1.89 bits per heavy atom. The number of amides is 1. The zero-order valence-corrected chi connectivity index (χ0v) is 6.05. The van der Waals surface area contributed by atoms with Crippen LogP contribution in [0, 0.1) is 11.3 Å². The molecule has 0 aromatic rings. The Kier molecular flexibility index (Phi) is 3.26. The highest BCUT2D eigenvalue weighted by Gasteiger charge is 2.24. The fourth-order valence-corrected chi connectivity index (χ4v) is 0.542. The lowest BCUT2D eigenvalue weighted by atomic mass is 10.2. The summed E-state index contributed by atoms with van der Waals surface area (Å²) >= 11 is 8.04. The van der Waals surface area contributed by atoms with Gasteiger partial charge in [-0.1, -0.05) is 12.6 Å². The van der Waals surface area contributed by atoms with Gasteiger partial charge in [-0.2, -0.15) is 0 Å². The summed E-state index contributed by atoms with van der Waals surface area (Å²) in [4.78, 5) is 10.2. The first-order valence-electron chi connectivity index (χ1n) is 1.96. The van der Waals surface area contributed by atoms with E-state index in [2.05, 4.69) is 24.8 Å². The summed E-state index contributed by atoms with van der Waals surface area (Å²) < 4.78 is -0.00926. The topological polar surface area (TPSA) is 64.7 Å². The monoisotopic (exact) mass is 160 g/mol. The number of rotatable bonds is 3. The van der Waals surface area contributed by atoms with Crippen molar-refractivity contribution in [3.8, 4) is 0 Å². The third-order valence-electron chi connectivity index (χ3n) is 0.619. The van der Waals surface area contributed by atoms with E-state index in [0.717, 1.165) is 6.21 Å². The number of carbonyl (C=O) groups excluding carboxylic acids is 1. The van der Waals surface area contributed by atoms with Gasteiger partial charge in [-0.05, 0) is 12.2 Å². The lowest BCUT2D eigenvalue weighted by Crippen LogP contribution is -2.13. The van der Waals surface area contributed by atoms with Gasteiger partial charge in [-0.25, -0.2) is 0 Å². The zero-order chi connectivity index (χ0) is 7.44. The Bertz CT molecular complexity index is 143. The van der Waals surface area contributed by atoms with Crippen LogP contribution in [0.3, 0.4) is 0 Å². The van der Waals surface area contributed by atoms with Gasteiger partial charge in [0.1, 0.15) is 0 Å².